The lowest BCUT2D eigenvalue weighted by Crippen LogP contribution is -2.44. The van der Waals surface area contributed by atoms with Crippen LogP contribution in [0, 0.1) is 5.41 Å². The van der Waals surface area contributed by atoms with Crippen molar-refractivity contribution in [1.82, 2.24) is 4.90 Å². The number of carbonyl (C=O) groups excluding carboxylic acids is 1. The highest BCUT2D eigenvalue weighted by Gasteiger charge is 2.34. The van der Waals surface area contributed by atoms with E-state index in [1.807, 2.05) is 47.4 Å². The molecule has 2 saturated heterocycles. The third-order valence-electron chi connectivity index (χ3n) is 6.15. The fourth-order valence-corrected chi connectivity index (χ4v) is 4.28. The van der Waals surface area contributed by atoms with Crippen LogP contribution in [0.3, 0.4) is 0 Å². The number of carbonyl (C=O) groups is 1. The number of methoxy groups -OCH3 is 1. The summed E-state index contributed by atoms with van der Waals surface area (Å²) in [5, 5.41) is 0.611. The van der Waals surface area contributed by atoms with E-state index in [-0.39, 0.29) is 17.4 Å². The van der Waals surface area contributed by atoms with Gasteiger partial charge in [-0.25, -0.2) is 0 Å². The first-order valence-electron chi connectivity index (χ1n) is 11.7. The molecule has 0 spiro atoms. The maximum absolute atomic E-state index is 13.2. The largest absolute Gasteiger partial charge is 0.493 e. The third-order valence-corrected chi connectivity index (χ3v) is 6.49. The second-order valence-corrected chi connectivity index (χ2v) is 9.69. The molecule has 0 saturated carbocycles. The van der Waals surface area contributed by atoms with E-state index in [1.54, 1.807) is 19.3 Å². The molecule has 6 nitrogen and oxygen atoms in total. The average Bonchev–Trinajstić information content (AvgIpc) is 3.33. The van der Waals surface area contributed by atoms with Gasteiger partial charge in [-0.15, -0.1) is 0 Å². The fraction of sp³-hybridized carbons (Fsp3) is 0.444. The summed E-state index contributed by atoms with van der Waals surface area (Å²) in [6.07, 6.45) is 5.36. The molecule has 2 aromatic carbocycles. The molecular weight excluding hydrogens is 454 g/mol. The normalized spacial score (nSPS) is 19.1. The molecule has 2 aliphatic rings. The summed E-state index contributed by atoms with van der Waals surface area (Å²) in [7, 11) is 1.63. The summed E-state index contributed by atoms with van der Waals surface area (Å²) in [6.45, 7) is 5.78. The zero-order chi connectivity index (χ0) is 24.0. The van der Waals surface area contributed by atoms with Crippen molar-refractivity contribution in [1.29, 1.82) is 0 Å². The minimum atomic E-state index is -0.0900. The Morgan fingerprint density at radius 2 is 2.06 bits per heavy atom. The van der Waals surface area contributed by atoms with E-state index in [1.165, 1.54) is 0 Å². The van der Waals surface area contributed by atoms with Gasteiger partial charge in [0.15, 0.2) is 11.5 Å². The van der Waals surface area contributed by atoms with Crippen LogP contribution in [-0.2, 0) is 20.8 Å². The van der Waals surface area contributed by atoms with Crippen molar-refractivity contribution in [3.63, 3.8) is 0 Å². The van der Waals surface area contributed by atoms with Crippen LogP contribution in [0.2, 0.25) is 5.02 Å². The Morgan fingerprint density at radius 3 is 2.74 bits per heavy atom. The Labute approximate surface area is 206 Å². The summed E-state index contributed by atoms with van der Waals surface area (Å²) in [6, 6.07) is 13.3. The Hall–Kier alpha value is -2.54. The van der Waals surface area contributed by atoms with Gasteiger partial charge in [-0.05, 0) is 48.2 Å². The maximum atomic E-state index is 13.2. The lowest BCUT2D eigenvalue weighted by atomic mass is 9.90. The number of amides is 1. The molecule has 2 fully saturated rings. The van der Waals surface area contributed by atoms with Crippen molar-refractivity contribution < 1.29 is 23.7 Å². The highest BCUT2D eigenvalue weighted by Crippen LogP contribution is 2.33. The van der Waals surface area contributed by atoms with Crippen LogP contribution in [0.4, 0.5) is 0 Å². The number of hydrogen-bond acceptors (Lipinski definition) is 5. The highest BCUT2D eigenvalue weighted by atomic mass is 35.5. The Kier molecular flexibility index (Phi) is 8.14. The predicted octanol–water partition coefficient (Wildman–Crippen LogP) is 4.98. The third kappa shape index (κ3) is 6.32. The van der Waals surface area contributed by atoms with Gasteiger partial charge in [0.05, 0.1) is 33.0 Å². The van der Waals surface area contributed by atoms with Gasteiger partial charge in [-0.2, -0.15) is 0 Å². The topological polar surface area (TPSA) is 57.2 Å². The molecule has 0 aromatic heterocycles. The molecule has 0 aliphatic carbocycles. The van der Waals surface area contributed by atoms with E-state index < -0.39 is 0 Å². The molecule has 2 heterocycles. The quantitative estimate of drug-likeness (QED) is 0.444. The van der Waals surface area contributed by atoms with Crippen molar-refractivity contribution in [2.45, 2.75) is 32.4 Å². The highest BCUT2D eigenvalue weighted by molar-refractivity contribution is 6.32. The summed E-state index contributed by atoms with van der Waals surface area (Å²) in [4.78, 5) is 15.0. The van der Waals surface area contributed by atoms with Crippen LogP contribution >= 0.6 is 11.6 Å². The first-order valence-corrected chi connectivity index (χ1v) is 12.0. The van der Waals surface area contributed by atoms with E-state index in [0.29, 0.717) is 49.4 Å². The van der Waals surface area contributed by atoms with Gasteiger partial charge in [0.1, 0.15) is 0 Å². The Bertz CT molecular complexity index is 1010. The zero-order valence-corrected chi connectivity index (χ0v) is 20.6. The van der Waals surface area contributed by atoms with Gasteiger partial charge in [0, 0.05) is 36.2 Å². The zero-order valence-electron chi connectivity index (χ0n) is 19.8. The number of benzene rings is 2. The van der Waals surface area contributed by atoms with Crippen LogP contribution in [0.1, 0.15) is 30.9 Å². The van der Waals surface area contributed by atoms with E-state index in [2.05, 4.69) is 6.92 Å². The fourth-order valence-electron chi connectivity index (χ4n) is 4.08. The van der Waals surface area contributed by atoms with Gasteiger partial charge in [0.2, 0.25) is 5.91 Å². The SMILES string of the molecule is COc1ccc(CN(CC2CCCO2)C(=O)/C=C/c2ccccc2Cl)cc1OCC1(C)COC1. The minimum absolute atomic E-state index is 0.0202. The Balaban J connectivity index is 1.50. The van der Waals surface area contributed by atoms with E-state index in [9.17, 15) is 4.79 Å². The molecule has 34 heavy (non-hydrogen) atoms. The number of hydrogen-bond donors (Lipinski definition) is 0. The van der Waals surface area contributed by atoms with E-state index in [0.717, 1.165) is 30.6 Å². The van der Waals surface area contributed by atoms with Gasteiger partial charge < -0.3 is 23.8 Å². The van der Waals surface area contributed by atoms with Crippen molar-refractivity contribution in [3.8, 4) is 11.5 Å². The first-order chi connectivity index (χ1) is 16.5. The predicted molar refractivity (Wildman–Crippen MR) is 132 cm³/mol. The molecule has 1 amide bonds. The number of nitrogens with zero attached hydrogens (tertiary/aromatic N) is 1. The molecule has 1 unspecified atom stereocenters. The summed E-state index contributed by atoms with van der Waals surface area (Å²) >= 11 is 6.25. The van der Waals surface area contributed by atoms with Crippen LogP contribution in [0.15, 0.2) is 48.5 Å². The lowest BCUT2D eigenvalue weighted by Gasteiger charge is -2.37. The molecule has 0 N–H and O–H groups in total. The first kappa shape index (κ1) is 24.6. The second kappa shape index (κ2) is 11.3. The minimum Gasteiger partial charge on any atom is -0.493 e. The smallest absolute Gasteiger partial charge is 0.246 e. The summed E-state index contributed by atoms with van der Waals surface area (Å²) < 4.78 is 22.7. The molecule has 2 aromatic rings. The van der Waals surface area contributed by atoms with Crippen molar-refractivity contribution in [3.05, 3.63) is 64.7 Å². The Morgan fingerprint density at radius 1 is 1.24 bits per heavy atom. The molecule has 4 rings (SSSR count). The lowest BCUT2D eigenvalue weighted by molar-refractivity contribution is -0.128. The van der Waals surface area contributed by atoms with Crippen LogP contribution in [0.5, 0.6) is 11.5 Å². The van der Waals surface area contributed by atoms with Gasteiger partial charge in [-0.3, -0.25) is 4.79 Å². The molecule has 182 valence electrons. The van der Waals surface area contributed by atoms with E-state index >= 15 is 0 Å². The van der Waals surface area contributed by atoms with Gasteiger partial charge in [-0.1, -0.05) is 42.8 Å². The molecule has 2 aliphatic heterocycles. The average molecular weight is 486 g/mol. The molecule has 0 bridgehead atoms. The van der Waals surface area contributed by atoms with Gasteiger partial charge in [0.25, 0.3) is 0 Å². The van der Waals surface area contributed by atoms with Crippen molar-refractivity contribution >= 4 is 23.6 Å². The summed E-state index contributed by atoms with van der Waals surface area (Å²) in [5.41, 5.74) is 1.79. The van der Waals surface area contributed by atoms with Gasteiger partial charge >= 0.3 is 0 Å². The summed E-state index contributed by atoms with van der Waals surface area (Å²) in [5.74, 6) is 1.25. The van der Waals surface area contributed by atoms with Crippen LogP contribution in [0.25, 0.3) is 6.08 Å². The number of ether oxygens (including phenoxy) is 4. The maximum Gasteiger partial charge on any atom is 0.246 e. The molecule has 0 radical (unpaired) electrons. The standard InChI is InChI=1S/C27H32ClNO5/c1-27(17-32-18-27)19-34-25-14-20(9-11-24(25)31-2)15-29(16-22-7-5-13-33-22)26(30)12-10-21-6-3-4-8-23(21)28/h3-4,6,8-12,14,22H,5,7,13,15-19H2,1-2H3/b12-10+. The monoisotopic (exact) mass is 485 g/mol. The second-order valence-electron chi connectivity index (χ2n) is 9.29. The van der Waals surface area contributed by atoms with Crippen molar-refractivity contribution in [2.24, 2.45) is 5.41 Å². The number of halogens is 1. The van der Waals surface area contributed by atoms with E-state index in [4.69, 9.17) is 30.5 Å². The van der Waals surface area contributed by atoms with Crippen LogP contribution < -0.4 is 9.47 Å². The molecule has 1 atom stereocenters. The molecule has 7 heteroatoms. The molecular formula is C27H32ClNO5. The van der Waals surface area contributed by atoms with Crippen molar-refractivity contribution in [2.75, 3.05) is 40.1 Å². The number of rotatable bonds is 10. The van der Waals surface area contributed by atoms with Crippen LogP contribution in [-0.4, -0.2) is 57.0 Å².